The predicted molar refractivity (Wildman–Crippen MR) is 88.8 cm³/mol. The molecule has 1 aromatic heterocycles. The summed E-state index contributed by atoms with van der Waals surface area (Å²) in [5, 5.41) is 4.22. The monoisotopic (exact) mass is 338 g/mol. The molecule has 0 atom stereocenters. The van der Waals surface area contributed by atoms with Gasteiger partial charge in [-0.3, -0.25) is 0 Å². The van der Waals surface area contributed by atoms with Gasteiger partial charge in [-0.15, -0.1) is 4.68 Å². The van der Waals surface area contributed by atoms with Gasteiger partial charge in [0.1, 0.15) is 17.0 Å². The van der Waals surface area contributed by atoms with Crippen molar-refractivity contribution in [3.05, 3.63) is 11.8 Å². The molecule has 2 heterocycles. The molecule has 1 fully saturated rings. The topological polar surface area (TPSA) is 99.7 Å². The number of carbonyl (C=O) groups excluding carboxylic acids is 2. The van der Waals surface area contributed by atoms with E-state index in [1.54, 1.807) is 31.7 Å². The summed E-state index contributed by atoms with van der Waals surface area (Å²) in [6, 6.07) is 1.64. The Morgan fingerprint density at radius 3 is 2.08 bits per heavy atom. The van der Waals surface area contributed by atoms with Gasteiger partial charge in [-0.05, 0) is 41.5 Å². The zero-order valence-electron chi connectivity index (χ0n) is 15.1. The molecule has 134 valence electrons. The molecule has 0 radical (unpaired) electrons. The van der Waals surface area contributed by atoms with Crippen LogP contribution < -0.4 is 5.73 Å². The molecule has 0 bridgehead atoms. The molecule has 1 amide bonds. The van der Waals surface area contributed by atoms with E-state index >= 15 is 0 Å². The van der Waals surface area contributed by atoms with Crippen LogP contribution in [0.15, 0.2) is 6.07 Å². The summed E-state index contributed by atoms with van der Waals surface area (Å²) >= 11 is 0. The van der Waals surface area contributed by atoms with Crippen LogP contribution in [0.2, 0.25) is 0 Å². The Balaban J connectivity index is 1.98. The maximum Gasteiger partial charge on any atom is 0.437 e. The third kappa shape index (κ3) is 4.39. The van der Waals surface area contributed by atoms with Crippen molar-refractivity contribution in [3.63, 3.8) is 0 Å². The number of carbonyl (C=O) groups is 2. The Bertz CT molecular complexity index is 633. The summed E-state index contributed by atoms with van der Waals surface area (Å²) < 4.78 is 11.6. The second kappa shape index (κ2) is 5.99. The number of likely N-dealkylation sites (tertiary alicyclic amines) is 1. The Kier molecular flexibility index (Phi) is 4.52. The molecular weight excluding hydrogens is 312 g/mol. The van der Waals surface area contributed by atoms with Gasteiger partial charge in [0.25, 0.3) is 0 Å². The lowest BCUT2D eigenvalue weighted by atomic mass is 9.97. The summed E-state index contributed by atoms with van der Waals surface area (Å²) in [5.74, 6) is 0.249. The Morgan fingerprint density at radius 2 is 1.58 bits per heavy atom. The normalized spacial score (nSPS) is 15.8. The lowest BCUT2D eigenvalue weighted by Crippen LogP contribution is -2.50. The van der Waals surface area contributed by atoms with Crippen LogP contribution in [-0.2, 0) is 9.47 Å². The van der Waals surface area contributed by atoms with E-state index in [1.165, 1.54) is 0 Å². The second-order valence-corrected chi connectivity index (χ2v) is 7.97. The van der Waals surface area contributed by atoms with E-state index in [0.717, 1.165) is 4.68 Å². The van der Waals surface area contributed by atoms with Gasteiger partial charge < -0.3 is 20.1 Å². The van der Waals surface area contributed by atoms with Crippen molar-refractivity contribution in [3.8, 4) is 0 Å². The number of rotatable bonds is 1. The van der Waals surface area contributed by atoms with Crippen LogP contribution in [0.1, 0.15) is 53.2 Å². The van der Waals surface area contributed by atoms with Crippen LogP contribution in [0.3, 0.4) is 0 Å². The maximum absolute atomic E-state index is 12.1. The zero-order chi connectivity index (χ0) is 18.3. The largest absolute Gasteiger partial charge is 0.444 e. The van der Waals surface area contributed by atoms with Gasteiger partial charge >= 0.3 is 12.2 Å². The number of hydrogen-bond donors (Lipinski definition) is 1. The van der Waals surface area contributed by atoms with Crippen molar-refractivity contribution in [2.24, 2.45) is 0 Å². The molecule has 2 rings (SSSR count). The molecule has 2 N–H and O–H groups in total. The molecule has 0 spiro atoms. The maximum atomic E-state index is 12.1. The molecule has 0 unspecified atom stereocenters. The highest BCUT2D eigenvalue weighted by Gasteiger charge is 2.36. The molecule has 1 saturated heterocycles. The van der Waals surface area contributed by atoms with Crippen LogP contribution in [0, 0.1) is 0 Å². The first-order valence-electron chi connectivity index (χ1n) is 7.92. The molecular formula is C16H26N4O4. The number of nitrogens with two attached hydrogens (primary N) is 1. The van der Waals surface area contributed by atoms with Crippen LogP contribution in [0.5, 0.6) is 0 Å². The van der Waals surface area contributed by atoms with Crippen LogP contribution >= 0.6 is 0 Å². The summed E-state index contributed by atoms with van der Waals surface area (Å²) in [6.45, 7) is 11.8. The zero-order valence-corrected chi connectivity index (χ0v) is 15.1. The van der Waals surface area contributed by atoms with Gasteiger partial charge in [-0.2, -0.15) is 5.10 Å². The SMILES string of the molecule is CC(C)(C)OC(=O)N1CC(c2cc(N)n(C(=O)OC(C)(C)C)n2)C1. The molecule has 0 saturated carbocycles. The summed E-state index contributed by atoms with van der Waals surface area (Å²) in [6.07, 6.45) is -0.965. The molecule has 0 aromatic carbocycles. The van der Waals surface area contributed by atoms with Crippen molar-refractivity contribution in [1.82, 2.24) is 14.7 Å². The Hall–Kier alpha value is -2.25. The van der Waals surface area contributed by atoms with Crippen molar-refractivity contribution in [1.29, 1.82) is 0 Å². The fourth-order valence-electron chi connectivity index (χ4n) is 2.21. The molecule has 0 aliphatic carbocycles. The van der Waals surface area contributed by atoms with Crippen molar-refractivity contribution >= 4 is 18.0 Å². The summed E-state index contributed by atoms with van der Waals surface area (Å²) in [5.41, 5.74) is 5.37. The number of aromatic nitrogens is 2. The molecule has 8 nitrogen and oxygen atoms in total. The Morgan fingerprint density at radius 1 is 1.08 bits per heavy atom. The first-order chi connectivity index (χ1) is 10.9. The van der Waals surface area contributed by atoms with Gasteiger partial charge in [0.15, 0.2) is 0 Å². The van der Waals surface area contributed by atoms with Gasteiger partial charge in [0.2, 0.25) is 0 Å². The molecule has 1 aliphatic rings. The number of ether oxygens (including phenoxy) is 2. The lowest BCUT2D eigenvalue weighted by Gasteiger charge is -2.38. The highest BCUT2D eigenvalue weighted by atomic mass is 16.6. The van der Waals surface area contributed by atoms with Gasteiger partial charge in [-0.25, -0.2) is 9.59 Å². The summed E-state index contributed by atoms with van der Waals surface area (Å²) in [7, 11) is 0. The molecule has 1 aromatic rings. The quantitative estimate of drug-likeness (QED) is 0.845. The standard InChI is InChI=1S/C16H26N4O4/c1-15(2,3)23-13(21)19-8-10(9-19)11-7-12(17)20(18-11)14(22)24-16(4,5)6/h7,10H,8-9,17H2,1-6H3. The second-order valence-electron chi connectivity index (χ2n) is 7.97. The van der Waals surface area contributed by atoms with E-state index in [4.69, 9.17) is 15.2 Å². The first kappa shape index (κ1) is 18.1. The van der Waals surface area contributed by atoms with Crippen LogP contribution in [0.25, 0.3) is 0 Å². The lowest BCUT2D eigenvalue weighted by molar-refractivity contribution is 0.00768. The molecule has 8 heteroatoms. The van der Waals surface area contributed by atoms with Gasteiger partial charge in [0, 0.05) is 25.1 Å². The number of nitrogens with zero attached hydrogens (tertiary/aromatic N) is 3. The van der Waals surface area contributed by atoms with Gasteiger partial charge in [-0.1, -0.05) is 0 Å². The summed E-state index contributed by atoms with van der Waals surface area (Å²) in [4.78, 5) is 25.6. The third-order valence-corrected chi connectivity index (χ3v) is 3.27. The minimum atomic E-state index is -0.625. The average molecular weight is 338 g/mol. The van der Waals surface area contributed by atoms with Crippen LogP contribution in [0.4, 0.5) is 15.4 Å². The highest BCUT2D eigenvalue weighted by Crippen LogP contribution is 2.29. The van der Waals surface area contributed by atoms with E-state index < -0.39 is 17.3 Å². The molecule has 24 heavy (non-hydrogen) atoms. The first-order valence-corrected chi connectivity index (χ1v) is 7.92. The number of anilines is 1. The van der Waals surface area contributed by atoms with Crippen LogP contribution in [-0.4, -0.2) is 51.2 Å². The fraction of sp³-hybridized carbons (Fsp3) is 0.688. The number of amides is 1. The average Bonchev–Trinajstić information content (AvgIpc) is 2.64. The smallest absolute Gasteiger partial charge is 0.437 e. The van der Waals surface area contributed by atoms with Crippen molar-refractivity contribution in [2.45, 2.75) is 58.7 Å². The van der Waals surface area contributed by atoms with E-state index in [9.17, 15) is 9.59 Å². The van der Waals surface area contributed by atoms with Crippen molar-refractivity contribution < 1.29 is 19.1 Å². The fourth-order valence-corrected chi connectivity index (χ4v) is 2.21. The van der Waals surface area contributed by atoms with E-state index in [0.29, 0.717) is 18.8 Å². The van der Waals surface area contributed by atoms with Gasteiger partial charge in [0.05, 0.1) is 5.69 Å². The van der Waals surface area contributed by atoms with E-state index in [-0.39, 0.29) is 17.8 Å². The third-order valence-electron chi connectivity index (χ3n) is 3.27. The minimum Gasteiger partial charge on any atom is -0.444 e. The number of nitrogen functional groups attached to an aromatic ring is 1. The number of hydrogen-bond acceptors (Lipinski definition) is 6. The highest BCUT2D eigenvalue weighted by molar-refractivity contribution is 5.74. The molecule has 1 aliphatic heterocycles. The Labute approximate surface area is 141 Å². The van der Waals surface area contributed by atoms with E-state index in [2.05, 4.69) is 5.10 Å². The van der Waals surface area contributed by atoms with Crippen molar-refractivity contribution in [2.75, 3.05) is 18.8 Å². The minimum absolute atomic E-state index is 0.0310. The predicted octanol–water partition coefficient (Wildman–Crippen LogP) is 2.58. The van der Waals surface area contributed by atoms with E-state index in [1.807, 2.05) is 20.8 Å².